The lowest BCUT2D eigenvalue weighted by atomic mass is 10.1. The van der Waals surface area contributed by atoms with Crippen LogP contribution in [0.3, 0.4) is 0 Å². The van der Waals surface area contributed by atoms with Gasteiger partial charge in [0.1, 0.15) is 23.9 Å². The van der Waals surface area contributed by atoms with Crippen molar-refractivity contribution in [3.05, 3.63) is 42.6 Å². The second-order valence-electron chi connectivity index (χ2n) is 8.81. The first-order chi connectivity index (χ1) is 17.7. The number of para-hydroxylation sites is 1. The molecular formula is C25H37N4O7P. The Balaban J connectivity index is 2.00. The number of nitrogens with zero attached hydrogens (tertiary/aromatic N) is 2. The molecule has 5 atom stereocenters. The highest BCUT2D eigenvalue weighted by molar-refractivity contribution is 7.45. The normalized spacial score (nSPS) is 21.5. The predicted octanol–water partition coefficient (Wildman–Crippen LogP) is 2.98. The standard InChI is InChI=1S/C25H37N4O7P/c1-17(2)23(31)27-22(26-5)12-13-29(16-30)24-18(3)14-21(35-24)15-34-37(28-19(4)25(32)33-6)36-20-10-8-7-9-11-20/h7-13,16-19,21,24,28H,14-15H2,1-6H3,(H,26,27,31)/b13-12-/t18?,19-,21?,24?,37?/m0/s1. The number of nitrogens with one attached hydrogen (secondary N) is 2. The molecule has 0 aliphatic carbocycles. The second kappa shape index (κ2) is 15.4. The van der Waals surface area contributed by atoms with Crippen LogP contribution in [-0.4, -0.2) is 68.2 Å². The number of benzene rings is 1. The fraction of sp³-hybridized carbons (Fsp3) is 0.520. The Kier molecular flexibility index (Phi) is 12.7. The summed E-state index contributed by atoms with van der Waals surface area (Å²) in [6, 6.07) is 8.48. The zero-order chi connectivity index (χ0) is 27.4. The molecule has 2 amide bonds. The van der Waals surface area contributed by atoms with Crippen molar-refractivity contribution < 1.29 is 32.9 Å². The maximum Gasteiger partial charge on any atom is 0.323 e. The molecule has 4 unspecified atom stereocenters. The number of methoxy groups -OCH3 is 1. The molecule has 0 saturated carbocycles. The maximum atomic E-state index is 12.0. The van der Waals surface area contributed by atoms with E-state index in [2.05, 4.69) is 15.4 Å². The number of rotatable bonds is 13. The average molecular weight is 537 g/mol. The molecule has 2 N–H and O–H groups in total. The van der Waals surface area contributed by atoms with E-state index < -0.39 is 26.8 Å². The zero-order valence-corrected chi connectivity index (χ0v) is 23.0. The van der Waals surface area contributed by atoms with Gasteiger partial charge < -0.3 is 23.8 Å². The lowest BCUT2D eigenvalue weighted by Gasteiger charge is -2.25. The molecule has 11 nitrogen and oxygen atoms in total. The lowest BCUT2D eigenvalue weighted by Crippen LogP contribution is -2.36. The minimum atomic E-state index is -1.69. The Hall–Kier alpha value is -2.85. The second-order valence-corrected chi connectivity index (χ2v) is 10.0. The first-order valence-corrected chi connectivity index (χ1v) is 13.2. The Morgan fingerprint density at radius 1 is 1.27 bits per heavy atom. The summed E-state index contributed by atoms with van der Waals surface area (Å²) in [6.45, 7) is 7.38. The Morgan fingerprint density at radius 2 is 1.97 bits per heavy atom. The molecule has 1 aromatic rings. The van der Waals surface area contributed by atoms with Crippen LogP contribution in [0.1, 0.15) is 34.1 Å². The number of aliphatic imine (C=N–C) groups is 1. The van der Waals surface area contributed by atoms with Gasteiger partial charge in [-0.2, -0.15) is 0 Å². The summed E-state index contributed by atoms with van der Waals surface area (Å²) >= 11 is 0. The van der Waals surface area contributed by atoms with Gasteiger partial charge in [-0.3, -0.25) is 24.3 Å². The van der Waals surface area contributed by atoms with Crippen LogP contribution in [0, 0.1) is 11.8 Å². The number of esters is 1. The summed E-state index contributed by atoms with van der Waals surface area (Å²) in [5.74, 6) is 0.130. The summed E-state index contributed by atoms with van der Waals surface area (Å²) in [5.41, 5.74) is 0. The van der Waals surface area contributed by atoms with E-state index in [-0.39, 0.29) is 30.5 Å². The van der Waals surface area contributed by atoms with Crippen LogP contribution in [-0.2, 0) is 28.4 Å². The van der Waals surface area contributed by atoms with E-state index >= 15 is 0 Å². The molecule has 1 aromatic carbocycles. The van der Waals surface area contributed by atoms with E-state index in [0.29, 0.717) is 24.4 Å². The van der Waals surface area contributed by atoms with Crippen LogP contribution < -0.4 is 14.9 Å². The van der Waals surface area contributed by atoms with Crippen LogP contribution in [0.5, 0.6) is 5.75 Å². The smallest absolute Gasteiger partial charge is 0.323 e. The van der Waals surface area contributed by atoms with Gasteiger partial charge in [0.05, 0.1) is 19.8 Å². The monoisotopic (exact) mass is 536 g/mol. The molecule has 1 fully saturated rings. The predicted molar refractivity (Wildman–Crippen MR) is 140 cm³/mol. The Labute approximate surface area is 219 Å². The van der Waals surface area contributed by atoms with Gasteiger partial charge in [0.25, 0.3) is 0 Å². The first-order valence-electron chi connectivity index (χ1n) is 12.0. The van der Waals surface area contributed by atoms with E-state index in [1.807, 2.05) is 25.1 Å². The summed E-state index contributed by atoms with van der Waals surface area (Å²) in [4.78, 5) is 41.1. The number of carbonyl (C=O) groups is 3. The molecule has 0 aromatic heterocycles. The van der Waals surface area contributed by atoms with Crippen molar-refractivity contribution in [2.75, 3.05) is 20.8 Å². The number of ether oxygens (including phenoxy) is 2. The third kappa shape index (κ3) is 9.85. The molecule has 204 valence electrons. The molecule has 2 rings (SSSR count). The van der Waals surface area contributed by atoms with Crippen molar-refractivity contribution in [1.29, 1.82) is 0 Å². The average Bonchev–Trinajstić information content (AvgIpc) is 3.26. The molecule has 0 bridgehead atoms. The summed E-state index contributed by atoms with van der Waals surface area (Å²) < 4.78 is 22.8. The van der Waals surface area contributed by atoms with Crippen LogP contribution in [0.4, 0.5) is 0 Å². The molecule has 1 aliphatic heterocycles. The molecule has 12 heteroatoms. The van der Waals surface area contributed by atoms with Crippen LogP contribution in [0.2, 0.25) is 0 Å². The molecule has 0 radical (unpaired) electrons. The van der Waals surface area contributed by atoms with Crippen LogP contribution in [0.25, 0.3) is 0 Å². The lowest BCUT2D eigenvalue weighted by molar-refractivity contribution is -0.142. The molecule has 0 spiro atoms. The third-order valence-electron chi connectivity index (χ3n) is 5.45. The van der Waals surface area contributed by atoms with Crippen LogP contribution in [0.15, 0.2) is 47.6 Å². The molecule has 1 saturated heterocycles. The van der Waals surface area contributed by atoms with Gasteiger partial charge in [0, 0.05) is 25.1 Å². The minimum absolute atomic E-state index is 0.0129. The molecular weight excluding hydrogens is 499 g/mol. The van der Waals surface area contributed by atoms with Gasteiger partial charge in [0.15, 0.2) is 0 Å². The van der Waals surface area contributed by atoms with Gasteiger partial charge in [-0.15, -0.1) is 0 Å². The van der Waals surface area contributed by atoms with E-state index in [9.17, 15) is 14.4 Å². The van der Waals surface area contributed by atoms with Crippen molar-refractivity contribution in [1.82, 2.24) is 15.3 Å². The third-order valence-corrected chi connectivity index (χ3v) is 6.81. The maximum absolute atomic E-state index is 12.0. The van der Waals surface area contributed by atoms with E-state index in [4.69, 9.17) is 18.5 Å². The van der Waals surface area contributed by atoms with Crippen molar-refractivity contribution >= 4 is 32.6 Å². The van der Waals surface area contributed by atoms with Gasteiger partial charge >= 0.3 is 14.5 Å². The highest BCUT2D eigenvalue weighted by Crippen LogP contribution is 2.38. The summed E-state index contributed by atoms with van der Waals surface area (Å²) in [5, 5.41) is 5.73. The highest BCUT2D eigenvalue weighted by atomic mass is 31.2. The zero-order valence-electron chi connectivity index (χ0n) is 22.1. The van der Waals surface area contributed by atoms with Crippen molar-refractivity contribution in [2.24, 2.45) is 16.8 Å². The van der Waals surface area contributed by atoms with Gasteiger partial charge in [0.2, 0.25) is 12.3 Å². The Morgan fingerprint density at radius 3 is 2.57 bits per heavy atom. The summed E-state index contributed by atoms with van der Waals surface area (Å²) in [6.07, 6.45) is 3.57. The fourth-order valence-electron chi connectivity index (χ4n) is 3.37. The minimum Gasteiger partial charge on any atom is -0.468 e. The molecule has 37 heavy (non-hydrogen) atoms. The largest absolute Gasteiger partial charge is 0.468 e. The van der Waals surface area contributed by atoms with E-state index in [1.54, 1.807) is 46.0 Å². The van der Waals surface area contributed by atoms with Gasteiger partial charge in [-0.25, -0.2) is 5.09 Å². The first kappa shape index (κ1) is 30.4. The van der Waals surface area contributed by atoms with Crippen molar-refractivity contribution in [3.63, 3.8) is 0 Å². The molecule has 1 aliphatic rings. The van der Waals surface area contributed by atoms with Gasteiger partial charge in [-0.1, -0.05) is 39.0 Å². The number of hydrogen-bond donors (Lipinski definition) is 2. The topological polar surface area (TPSA) is 128 Å². The fourth-order valence-corrected chi connectivity index (χ4v) is 4.59. The van der Waals surface area contributed by atoms with E-state index in [0.717, 1.165) is 0 Å². The van der Waals surface area contributed by atoms with Gasteiger partial charge in [-0.05, 0) is 31.6 Å². The quantitative estimate of drug-likeness (QED) is 0.130. The number of amides is 2. The summed E-state index contributed by atoms with van der Waals surface area (Å²) in [7, 11) is 1.18. The highest BCUT2D eigenvalue weighted by Gasteiger charge is 2.36. The van der Waals surface area contributed by atoms with Crippen LogP contribution >= 0.6 is 8.53 Å². The number of hydrogen-bond acceptors (Lipinski definition) is 9. The SMILES string of the molecule is CN=C(/C=C\N(C=O)C1OC(COP(N[C@@H](C)C(=O)OC)Oc2ccccc2)CC1C)NC(=O)C(C)C. The van der Waals surface area contributed by atoms with E-state index in [1.165, 1.54) is 18.2 Å². The van der Waals surface area contributed by atoms with Crippen molar-refractivity contribution in [2.45, 2.75) is 52.5 Å². The molecule has 1 heterocycles. The number of amidine groups is 1. The number of carbonyl (C=O) groups excluding carboxylic acids is 3. The Bertz CT molecular complexity index is 944. The van der Waals surface area contributed by atoms with Crippen molar-refractivity contribution in [3.8, 4) is 5.75 Å².